The Labute approximate surface area is 112 Å². The third-order valence-corrected chi connectivity index (χ3v) is 4.04. The van der Waals surface area contributed by atoms with Crippen LogP contribution in [-0.4, -0.2) is 26.7 Å². The van der Waals surface area contributed by atoms with E-state index in [9.17, 15) is 13.2 Å². The van der Waals surface area contributed by atoms with Crippen LogP contribution in [0.25, 0.3) is 0 Å². The number of amides is 1. The topological polar surface area (TPSA) is 84.5 Å². The third kappa shape index (κ3) is 3.37. The number of carbonyl (C=O) groups excluding carboxylic acids is 1. The molecule has 1 aliphatic heterocycles. The zero-order chi connectivity index (χ0) is 13.9. The molecule has 0 aliphatic carbocycles. The summed E-state index contributed by atoms with van der Waals surface area (Å²) >= 11 is 0. The molecule has 19 heavy (non-hydrogen) atoms. The van der Waals surface area contributed by atoms with Gasteiger partial charge >= 0.3 is 0 Å². The number of fused-ring (bicyclic) bond motifs is 1. The number of para-hydroxylation sites is 1. The highest BCUT2D eigenvalue weighted by Gasteiger charge is 2.21. The first-order valence-electron chi connectivity index (χ1n) is 6.08. The van der Waals surface area contributed by atoms with Crippen LogP contribution in [0.15, 0.2) is 18.2 Å². The molecule has 0 saturated carbocycles. The third-order valence-electron chi connectivity index (χ3n) is 2.68. The predicted molar refractivity (Wildman–Crippen MR) is 72.9 cm³/mol. The molecule has 0 radical (unpaired) electrons. The van der Waals surface area contributed by atoms with Gasteiger partial charge in [0.05, 0.1) is 11.4 Å². The van der Waals surface area contributed by atoms with Crippen molar-refractivity contribution in [1.29, 1.82) is 0 Å². The van der Waals surface area contributed by atoms with E-state index in [1.807, 2.05) is 6.92 Å². The molecule has 7 heteroatoms. The lowest BCUT2D eigenvalue weighted by Gasteiger charge is -2.21. The molecule has 0 bridgehead atoms. The molecule has 1 heterocycles. The Morgan fingerprint density at radius 2 is 2.21 bits per heavy atom. The lowest BCUT2D eigenvalue weighted by Crippen LogP contribution is -2.27. The highest BCUT2D eigenvalue weighted by Crippen LogP contribution is 2.35. The van der Waals surface area contributed by atoms with E-state index in [2.05, 4.69) is 10.0 Å². The first-order chi connectivity index (χ1) is 9.02. The fourth-order valence-electron chi connectivity index (χ4n) is 1.74. The van der Waals surface area contributed by atoms with Gasteiger partial charge < -0.3 is 10.1 Å². The average Bonchev–Trinajstić information content (AvgIpc) is 2.37. The molecule has 2 rings (SSSR count). The molecule has 1 aromatic rings. The van der Waals surface area contributed by atoms with E-state index < -0.39 is 10.0 Å². The monoisotopic (exact) mass is 284 g/mol. The maximum atomic E-state index is 11.9. The number of carbonyl (C=O) groups is 1. The van der Waals surface area contributed by atoms with Crippen LogP contribution >= 0.6 is 0 Å². The summed E-state index contributed by atoms with van der Waals surface area (Å²) in [6.45, 7) is 1.87. The molecular formula is C12H16N2O4S. The van der Waals surface area contributed by atoms with Gasteiger partial charge in [0, 0.05) is 0 Å². The van der Waals surface area contributed by atoms with Gasteiger partial charge in [0.2, 0.25) is 10.0 Å². The molecule has 0 spiro atoms. The van der Waals surface area contributed by atoms with Crippen molar-refractivity contribution < 1.29 is 17.9 Å². The number of nitrogens with one attached hydrogen (secondary N) is 2. The van der Waals surface area contributed by atoms with Crippen molar-refractivity contribution in [1.82, 2.24) is 0 Å². The Morgan fingerprint density at radius 3 is 2.95 bits per heavy atom. The average molecular weight is 284 g/mol. The van der Waals surface area contributed by atoms with Gasteiger partial charge in [-0.1, -0.05) is 19.4 Å². The summed E-state index contributed by atoms with van der Waals surface area (Å²) in [5, 5.41) is 2.62. The maximum absolute atomic E-state index is 11.9. The Hall–Kier alpha value is -1.76. The zero-order valence-corrected chi connectivity index (χ0v) is 11.4. The Balaban J connectivity index is 2.24. The summed E-state index contributed by atoms with van der Waals surface area (Å²) < 4.78 is 31.4. The highest BCUT2D eigenvalue weighted by molar-refractivity contribution is 7.92. The van der Waals surface area contributed by atoms with Gasteiger partial charge in [0.15, 0.2) is 6.61 Å². The summed E-state index contributed by atoms with van der Waals surface area (Å²) in [5.41, 5.74) is 0.709. The molecule has 0 saturated heterocycles. The molecule has 1 amide bonds. The van der Waals surface area contributed by atoms with Crippen molar-refractivity contribution in [3.8, 4) is 5.75 Å². The minimum Gasteiger partial charge on any atom is -0.481 e. The highest BCUT2D eigenvalue weighted by atomic mass is 32.2. The van der Waals surface area contributed by atoms with Gasteiger partial charge in [-0.3, -0.25) is 9.52 Å². The molecule has 104 valence electrons. The second-order valence-corrected chi connectivity index (χ2v) is 6.13. The lowest BCUT2D eigenvalue weighted by atomic mass is 10.2. The van der Waals surface area contributed by atoms with Crippen LogP contribution in [0.3, 0.4) is 0 Å². The van der Waals surface area contributed by atoms with Crippen molar-refractivity contribution in [3.63, 3.8) is 0 Å². The summed E-state index contributed by atoms with van der Waals surface area (Å²) in [5.74, 6) is 0.227. The molecule has 1 aliphatic rings. The first kappa shape index (κ1) is 13.7. The number of sulfonamides is 1. The van der Waals surface area contributed by atoms with Crippen molar-refractivity contribution in [3.05, 3.63) is 18.2 Å². The summed E-state index contributed by atoms with van der Waals surface area (Å²) in [6, 6.07) is 4.95. The van der Waals surface area contributed by atoms with E-state index in [1.54, 1.807) is 18.2 Å². The van der Waals surface area contributed by atoms with Crippen LogP contribution in [0.4, 0.5) is 11.4 Å². The van der Waals surface area contributed by atoms with E-state index in [4.69, 9.17) is 4.74 Å². The lowest BCUT2D eigenvalue weighted by molar-refractivity contribution is -0.118. The number of hydrogen-bond donors (Lipinski definition) is 2. The van der Waals surface area contributed by atoms with Crippen molar-refractivity contribution in [2.75, 3.05) is 22.4 Å². The van der Waals surface area contributed by atoms with Gasteiger partial charge in [0.25, 0.3) is 5.91 Å². The van der Waals surface area contributed by atoms with Crippen molar-refractivity contribution in [2.24, 2.45) is 0 Å². The molecule has 1 aromatic carbocycles. The van der Waals surface area contributed by atoms with Crippen LogP contribution in [0.5, 0.6) is 5.75 Å². The Morgan fingerprint density at radius 1 is 1.42 bits per heavy atom. The maximum Gasteiger partial charge on any atom is 0.262 e. The second kappa shape index (κ2) is 5.48. The van der Waals surface area contributed by atoms with Gasteiger partial charge in [-0.25, -0.2) is 8.42 Å². The van der Waals surface area contributed by atoms with E-state index in [-0.39, 0.29) is 18.3 Å². The van der Waals surface area contributed by atoms with E-state index in [1.165, 1.54) is 0 Å². The van der Waals surface area contributed by atoms with Gasteiger partial charge in [-0.2, -0.15) is 0 Å². The Kier molecular flexibility index (Phi) is 3.94. The first-order valence-corrected chi connectivity index (χ1v) is 7.73. The Bertz CT molecular complexity index is 583. The van der Waals surface area contributed by atoms with Gasteiger partial charge in [-0.15, -0.1) is 0 Å². The van der Waals surface area contributed by atoms with Crippen LogP contribution in [0.2, 0.25) is 0 Å². The van der Waals surface area contributed by atoms with Crippen molar-refractivity contribution >= 4 is 27.3 Å². The molecule has 0 fully saturated rings. The quantitative estimate of drug-likeness (QED) is 0.859. The SMILES string of the molecule is CCCCS(=O)(=O)Nc1cccc2c1NC(=O)CO2. The molecule has 0 unspecified atom stereocenters. The number of unbranched alkanes of at least 4 members (excludes halogenated alkanes) is 1. The van der Waals surface area contributed by atoms with Gasteiger partial charge in [0.1, 0.15) is 11.4 Å². The molecule has 0 atom stereocenters. The molecular weight excluding hydrogens is 268 g/mol. The second-order valence-electron chi connectivity index (χ2n) is 4.29. The van der Waals surface area contributed by atoms with Crippen LogP contribution in [0, 0.1) is 0 Å². The van der Waals surface area contributed by atoms with Crippen molar-refractivity contribution in [2.45, 2.75) is 19.8 Å². The predicted octanol–water partition coefficient (Wildman–Crippen LogP) is 1.56. The van der Waals surface area contributed by atoms with Crippen LogP contribution in [0.1, 0.15) is 19.8 Å². The summed E-state index contributed by atoms with van der Waals surface area (Å²) in [7, 11) is -3.40. The number of benzene rings is 1. The number of hydrogen-bond acceptors (Lipinski definition) is 4. The standard InChI is InChI=1S/C12H16N2O4S/c1-2-3-7-19(16,17)14-9-5-4-6-10-12(9)13-11(15)8-18-10/h4-6,14H,2-3,7-8H2,1H3,(H,13,15). The minimum absolute atomic E-state index is 0.0565. The van der Waals surface area contributed by atoms with E-state index in [0.29, 0.717) is 23.5 Å². The fourth-order valence-corrected chi connectivity index (χ4v) is 3.01. The van der Waals surface area contributed by atoms with E-state index in [0.717, 1.165) is 6.42 Å². The molecule has 6 nitrogen and oxygen atoms in total. The summed E-state index contributed by atoms with van der Waals surface area (Å²) in [4.78, 5) is 11.3. The number of rotatable bonds is 5. The normalized spacial score (nSPS) is 14.3. The zero-order valence-electron chi connectivity index (χ0n) is 10.6. The summed E-state index contributed by atoms with van der Waals surface area (Å²) in [6.07, 6.45) is 1.39. The molecule has 0 aromatic heterocycles. The van der Waals surface area contributed by atoms with Crippen LogP contribution in [-0.2, 0) is 14.8 Å². The number of ether oxygens (including phenoxy) is 1. The minimum atomic E-state index is -3.40. The van der Waals surface area contributed by atoms with Gasteiger partial charge in [-0.05, 0) is 18.6 Å². The smallest absolute Gasteiger partial charge is 0.262 e. The largest absolute Gasteiger partial charge is 0.481 e. The van der Waals surface area contributed by atoms with Crippen LogP contribution < -0.4 is 14.8 Å². The number of anilines is 2. The molecule has 2 N–H and O–H groups in total. The fraction of sp³-hybridized carbons (Fsp3) is 0.417. The van der Waals surface area contributed by atoms with E-state index >= 15 is 0 Å².